The maximum Gasteiger partial charge on any atom is 0.247 e. The minimum atomic E-state index is -0.569. The second-order valence-corrected chi connectivity index (χ2v) is 8.22. The van der Waals surface area contributed by atoms with Crippen LogP contribution in [0.15, 0.2) is 72.0 Å². The van der Waals surface area contributed by atoms with Gasteiger partial charge in [0.25, 0.3) is 0 Å². The van der Waals surface area contributed by atoms with Crippen molar-refractivity contribution < 1.29 is 9.18 Å². The van der Waals surface area contributed by atoms with Gasteiger partial charge in [0.1, 0.15) is 17.4 Å². The van der Waals surface area contributed by atoms with E-state index in [1.165, 1.54) is 17.2 Å². The second-order valence-electron chi connectivity index (χ2n) is 7.28. The number of nitrogens with one attached hydrogen (secondary N) is 1. The minimum absolute atomic E-state index is 0.164. The van der Waals surface area contributed by atoms with Crippen molar-refractivity contribution in [1.29, 1.82) is 0 Å². The van der Waals surface area contributed by atoms with E-state index in [1.54, 1.807) is 36.2 Å². The number of fused-ring (bicyclic) bond motifs is 1. The molecule has 4 rings (SSSR count). The molecule has 2 aromatic carbocycles. The first-order valence-corrected chi connectivity index (χ1v) is 11.1. The first-order chi connectivity index (χ1) is 15.1. The number of amides is 1. The molecule has 7 heteroatoms. The number of halogens is 1. The number of pyridine rings is 1. The fourth-order valence-corrected chi connectivity index (χ4v) is 4.39. The Morgan fingerprint density at radius 2 is 1.90 bits per heavy atom. The number of carbonyl (C=O) groups excluding carboxylic acids is 1. The largest absolute Gasteiger partial charge is 0.322 e. The molecular weight excluding hydrogens is 411 g/mol. The number of para-hydroxylation sites is 1. The van der Waals surface area contributed by atoms with Crippen LogP contribution >= 0.6 is 11.8 Å². The molecule has 0 fully saturated rings. The van der Waals surface area contributed by atoms with E-state index in [-0.39, 0.29) is 11.6 Å². The van der Waals surface area contributed by atoms with Crippen LogP contribution in [-0.4, -0.2) is 20.4 Å². The highest BCUT2D eigenvalue weighted by molar-refractivity contribution is 7.98. The van der Waals surface area contributed by atoms with Crippen molar-refractivity contribution in [3.05, 3.63) is 83.8 Å². The predicted octanol–water partition coefficient (Wildman–Crippen LogP) is 5.76. The number of thioether (sulfide) groups is 1. The summed E-state index contributed by atoms with van der Waals surface area (Å²) in [5.41, 5.74) is 3.92. The average molecular weight is 435 g/mol. The Bertz CT molecular complexity index is 1210. The Kier molecular flexibility index (Phi) is 6.32. The van der Waals surface area contributed by atoms with Crippen LogP contribution in [0.2, 0.25) is 0 Å². The first kappa shape index (κ1) is 21.1. The van der Waals surface area contributed by atoms with E-state index in [4.69, 9.17) is 4.98 Å². The average Bonchev–Trinajstić information content (AvgIpc) is 3.14. The molecule has 2 aromatic heterocycles. The summed E-state index contributed by atoms with van der Waals surface area (Å²) >= 11 is 1.56. The molecule has 2 heterocycles. The van der Waals surface area contributed by atoms with Crippen LogP contribution < -0.4 is 5.32 Å². The van der Waals surface area contributed by atoms with E-state index in [0.717, 1.165) is 11.3 Å². The molecular formula is C24H23FN4OS. The standard InChI is InChI=1S/C24H23FN4OS/c1-3-21(23(30)27-19-8-5-4-7-18(19)25)29-22-20(9-6-14-26-22)28-24(29)31-15-17-12-10-16(2)11-13-17/h4-14,21H,3,15H2,1-2H3,(H,27,30)/t21-/m1/s1. The lowest BCUT2D eigenvalue weighted by Gasteiger charge is -2.19. The molecule has 0 aliphatic rings. The molecule has 0 saturated carbocycles. The van der Waals surface area contributed by atoms with Gasteiger partial charge in [-0.05, 0) is 43.2 Å². The number of benzene rings is 2. The number of carbonyl (C=O) groups is 1. The molecule has 1 atom stereocenters. The van der Waals surface area contributed by atoms with Crippen LogP contribution in [0.25, 0.3) is 11.2 Å². The van der Waals surface area contributed by atoms with Crippen molar-refractivity contribution in [3.8, 4) is 0 Å². The number of imidazole rings is 1. The van der Waals surface area contributed by atoms with Crippen molar-refractivity contribution in [1.82, 2.24) is 14.5 Å². The third-order valence-electron chi connectivity index (χ3n) is 5.04. The summed E-state index contributed by atoms with van der Waals surface area (Å²) in [6, 6.07) is 17.7. The fourth-order valence-electron chi connectivity index (χ4n) is 3.39. The van der Waals surface area contributed by atoms with Gasteiger partial charge in [0.15, 0.2) is 10.8 Å². The summed E-state index contributed by atoms with van der Waals surface area (Å²) in [6.45, 7) is 3.98. The van der Waals surface area contributed by atoms with E-state index in [2.05, 4.69) is 41.5 Å². The minimum Gasteiger partial charge on any atom is -0.322 e. The molecule has 0 saturated heterocycles. The third kappa shape index (κ3) is 4.61. The molecule has 4 aromatic rings. The predicted molar refractivity (Wildman–Crippen MR) is 123 cm³/mol. The maximum absolute atomic E-state index is 14.1. The van der Waals surface area contributed by atoms with E-state index < -0.39 is 11.9 Å². The Balaban J connectivity index is 1.66. The summed E-state index contributed by atoms with van der Waals surface area (Å²) in [6.07, 6.45) is 2.21. The van der Waals surface area contributed by atoms with Gasteiger partial charge in [-0.15, -0.1) is 0 Å². The van der Waals surface area contributed by atoms with E-state index in [1.807, 2.05) is 23.6 Å². The van der Waals surface area contributed by atoms with Crippen LogP contribution in [0.3, 0.4) is 0 Å². The monoisotopic (exact) mass is 434 g/mol. The summed E-state index contributed by atoms with van der Waals surface area (Å²) in [5.74, 6) is -0.0439. The van der Waals surface area contributed by atoms with Gasteiger partial charge in [-0.1, -0.05) is 60.6 Å². The lowest BCUT2D eigenvalue weighted by Crippen LogP contribution is -2.26. The van der Waals surface area contributed by atoms with Crippen LogP contribution in [0, 0.1) is 12.7 Å². The maximum atomic E-state index is 14.1. The Hall–Kier alpha value is -3.19. The molecule has 0 unspecified atom stereocenters. The van der Waals surface area contributed by atoms with Crippen molar-refractivity contribution in [2.24, 2.45) is 0 Å². The lowest BCUT2D eigenvalue weighted by atomic mass is 10.2. The number of hydrogen-bond donors (Lipinski definition) is 1. The van der Waals surface area contributed by atoms with Crippen LogP contribution in [0.1, 0.15) is 30.5 Å². The number of rotatable bonds is 7. The molecule has 0 aliphatic heterocycles. The molecule has 31 heavy (non-hydrogen) atoms. The normalized spacial score (nSPS) is 12.1. The van der Waals surface area contributed by atoms with Gasteiger partial charge in [-0.2, -0.15) is 0 Å². The zero-order valence-corrected chi connectivity index (χ0v) is 18.2. The van der Waals surface area contributed by atoms with Gasteiger partial charge in [-0.3, -0.25) is 9.36 Å². The van der Waals surface area contributed by atoms with Crippen molar-refractivity contribution in [2.45, 2.75) is 37.2 Å². The van der Waals surface area contributed by atoms with Crippen LogP contribution in [-0.2, 0) is 10.5 Å². The summed E-state index contributed by atoms with van der Waals surface area (Å²) < 4.78 is 15.9. The highest BCUT2D eigenvalue weighted by Gasteiger charge is 2.26. The van der Waals surface area contributed by atoms with E-state index >= 15 is 0 Å². The number of aryl methyl sites for hydroxylation is 1. The van der Waals surface area contributed by atoms with E-state index in [0.29, 0.717) is 17.2 Å². The molecule has 5 nitrogen and oxygen atoms in total. The molecule has 158 valence electrons. The van der Waals surface area contributed by atoms with Crippen LogP contribution in [0.4, 0.5) is 10.1 Å². The van der Waals surface area contributed by atoms with Gasteiger partial charge < -0.3 is 5.32 Å². The number of hydrogen-bond acceptors (Lipinski definition) is 4. The van der Waals surface area contributed by atoms with Crippen molar-refractivity contribution in [3.63, 3.8) is 0 Å². The van der Waals surface area contributed by atoms with Gasteiger partial charge in [0.05, 0.1) is 5.69 Å². The SMILES string of the molecule is CC[C@H](C(=O)Nc1ccccc1F)n1c(SCc2ccc(C)cc2)nc2cccnc21. The van der Waals surface area contributed by atoms with Crippen molar-refractivity contribution >= 4 is 34.5 Å². The highest BCUT2D eigenvalue weighted by Crippen LogP contribution is 2.31. The zero-order valence-electron chi connectivity index (χ0n) is 17.4. The van der Waals surface area contributed by atoms with Crippen LogP contribution in [0.5, 0.6) is 0 Å². The fraction of sp³-hybridized carbons (Fsp3) is 0.208. The Morgan fingerprint density at radius 1 is 1.13 bits per heavy atom. The van der Waals surface area contributed by atoms with Gasteiger partial charge in [0, 0.05) is 11.9 Å². The Labute approximate surface area is 184 Å². The molecule has 0 aliphatic carbocycles. The second kappa shape index (κ2) is 9.31. The number of aromatic nitrogens is 3. The lowest BCUT2D eigenvalue weighted by molar-refractivity contribution is -0.119. The highest BCUT2D eigenvalue weighted by atomic mass is 32.2. The van der Waals surface area contributed by atoms with Crippen molar-refractivity contribution in [2.75, 3.05) is 5.32 Å². The third-order valence-corrected chi connectivity index (χ3v) is 6.06. The zero-order chi connectivity index (χ0) is 21.8. The topological polar surface area (TPSA) is 59.8 Å². The first-order valence-electron chi connectivity index (χ1n) is 10.1. The molecule has 1 amide bonds. The molecule has 0 radical (unpaired) electrons. The summed E-state index contributed by atoms with van der Waals surface area (Å²) in [4.78, 5) is 22.3. The van der Waals surface area contributed by atoms with Gasteiger partial charge in [-0.25, -0.2) is 14.4 Å². The quantitative estimate of drug-likeness (QED) is 0.376. The Morgan fingerprint density at radius 3 is 2.65 bits per heavy atom. The van der Waals surface area contributed by atoms with Gasteiger partial charge >= 0.3 is 0 Å². The summed E-state index contributed by atoms with van der Waals surface area (Å²) in [7, 11) is 0. The number of nitrogens with zero attached hydrogens (tertiary/aromatic N) is 3. The van der Waals surface area contributed by atoms with Gasteiger partial charge in [0.2, 0.25) is 5.91 Å². The molecule has 1 N–H and O–H groups in total. The number of anilines is 1. The molecule has 0 bridgehead atoms. The van der Waals surface area contributed by atoms with E-state index in [9.17, 15) is 9.18 Å². The molecule has 0 spiro atoms. The summed E-state index contributed by atoms with van der Waals surface area (Å²) in [5, 5.41) is 3.43. The smallest absolute Gasteiger partial charge is 0.247 e.